The van der Waals surface area contributed by atoms with Crippen LogP contribution in [0, 0.1) is 11.3 Å². The molecule has 1 aliphatic rings. The highest BCUT2D eigenvalue weighted by Gasteiger charge is 2.58. The second-order valence-corrected chi connectivity index (χ2v) is 1.97. The van der Waals surface area contributed by atoms with Crippen LogP contribution >= 0.6 is 0 Å². The standard InChI is InChI=1S/C4H6F2N2/c5-4(6)1-2(4)3(7)8/h2H,1H2,(H3,7,8). The molecule has 0 amide bonds. The average molecular weight is 120 g/mol. The molecule has 0 spiro atoms. The molecule has 1 aliphatic carbocycles. The fourth-order valence-corrected chi connectivity index (χ4v) is 0.551. The van der Waals surface area contributed by atoms with Crippen molar-refractivity contribution in [2.45, 2.75) is 12.3 Å². The summed E-state index contributed by atoms with van der Waals surface area (Å²) in [6.07, 6.45) is -0.234. The summed E-state index contributed by atoms with van der Waals surface area (Å²) in [5.74, 6) is -4.01. The van der Waals surface area contributed by atoms with E-state index in [-0.39, 0.29) is 6.42 Å². The van der Waals surface area contributed by atoms with Crippen LogP contribution in [-0.4, -0.2) is 11.8 Å². The van der Waals surface area contributed by atoms with Crippen LogP contribution in [0.2, 0.25) is 0 Å². The maximum Gasteiger partial charge on any atom is 0.259 e. The molecular formula is C4H6F2N2. The minimum absolute atomic E-state index is 0.234. The monoisotopic (exact) mass is 120 g/mol. The lowest BCUT2D eigenvalue weighted by Gasteiger charge is -1.90. The Morgan fingerprint density at radius 3 is 2.12 bits per heavy atom. The van der Waals surface area contributed by atoms with Gasteiger partial charge < -0.3 is 5.73 Å². The normalized spacial score (nSPS) is 32.0. The van der Waals surface area contributed by atoms with Gasteiger partial charge in [0.25, 0.3) is 5.92 Å². The van der Waals surface area contributed by atoms with Crippen molar-refractivity contribution >= 4 is 5.84 Å². The molecule has 0 radical (unpaired) electrons. The van der Waals surface area contributed by atoms with Gasteiger partial charge >= 0.3 is 0 Å². The van der Waals surface area contributed by atoms with Gasteiger partial charge in [0.1, 0.15) is 0 Å². The molecule has 2 nitrogen and oxygen atoms in total. The van der Waals surface area contributed by atoms with Crippen molar-refractivity contribution in [1.29, 1.82) is 5.41 Å². The Morgan fingerprint density at radius 2 is 2.12 bits per heavy atom. The molecule has 1 saturated carbocycles. The summed E-state index contributed by atoms with van der Waals surface area (Å²) < 4.78 is 23.7. The van der Waals surface area contributed by atoms with Crippen molar-refractivity contribution in [2.24, 2.45) is 11.7 Å². The smallest absolute Gasteiger partial charge is 0.259 e. The lowest BCUT2D eigenvalue weighted by Crippen LogP contribution is -2.16. The van der Waals surface area contributed by atoms with E-state index in [9.17, 15) is 8.78 Å². The van der Waals surface area contributed by atoms with Crippen molar-refractivity contribution in [3.05, 3.63) is 0 Å². The molecule has 1 fully saturated rings. The van der Waals surface area contributed by atoms with Gasteiger partial charge in [0.15, 0.2) is 0 Å². The molecule has 3 N–H and O–H groups in total. The topological polar surface area (TPSA) is 49.9 Å². The third kappa shape index (κ3) is 0.657. The molecular weight excluding hydrogens is 114 g/mol. The molecule has 0 bridgehead atoms. The Labute approximate surface area is 45.2 Å². The van der Waals surface area contributed by atoms with E-state index < -0.39 is 17.7 Å². The molecule has 4 heteroatoms. The van der Waals surface area contributed by atoms with Gasteiger partial charge in [0, 0.05) is 6.42 Å². The Kier molecular flexibility index (Phi) is 0.808. The number of nitrogens with one attached hydrogen (secondary N) is 1. The summed E-state index contributed by atoms with van der Waals surface area (Å²) in [5.41, 5.74) is 4.78. The highest BCUT2D eigenvalue weighted by atomic mass is 19.3. The van der Waals surface area contributed by atoms with Crippen LogP contribution < -0.4 is 5.73 Å². The highest BCUT2D eigenvalue weighted by Crippen LogP contribution is 2.48. The van der Waals surface area contributed by atoms with Gasteiger partial charge in [-0.1, -0.05) is 0 Å². The van der Waals surface area contributed by atoms with Crippen LogP contribution in [0.25, 0.3) is 0 Å². The Morgan fingerprint density at radius 1 is 1.75 bits per heavy atom. The number of alkyl halides is 2. The fraction of sp³-hybridized carbons (Fsp3) is 0.750. The van der Waals surface area contributed by atoms with E-state index in [4.69, 9.17) is 11.1 Å². The number of amidine groups is 1. The molecule has 1 rings (SSSR count). The first-order chi connectivity index (χ1) is 3.54. The van der Waals surface area contributed by atoms with Gasteiger partial charge in [0.2, 0.25) is 0 Å². The third-order valence-electron chi connectivity index (χ3n) is 1.20. The first kappa shape index (κ1) is 5.47. The number of rotatable bonds is 1. The highest BCUT2D eigenvalue weighted by molar-refractivity contribution is 5.83. The van der Waals surface area contributed by atoms with Crippen LogP contribution in [-0.2, 0) is 0 Å². The van der Waals surface area contributed by atoms with Crippen LogP contribution in [0.3, 0.4) is 0 Å². The molecule has 8 heavy (non-hydrogen) atoms. The van der Waals surface area contributed by atoms with Crippen LogP contribution in [0.5, 0.6) is 0 Å². The summed E-state index contributed by atoms with van der Waals surface area (Å²) in [6, 6.07) is 0. The zero-order valence-corrected chi connectivity index (χ0v) is 4.12. The largest absolute Gasteiger partial charge is 0.387 e. The molecule has 0 aromatic rings. The molecule has 0 heterocycles. The lowest BCUT2D eigenvalue weighted by molar-refractivity contribution is 0.110. The maximum atomic E-state index is 11.8. The van der Waals surface area contributed by atoms with E-state index in [0.717, 1.165) is 0 Å². The van der Waals surface area contributed by atoms with Crippen molar-refractivity contribution < 1.29 is 8.78 Å². The summed E-state index contributed by atoms with van der Waals surface area (Å²) in [5, 5.41) is 6.56. The number of hydrogen-bond acceptors (Lipinski definition) is 1. The van der Waals surface area contributed by atoms with E-state index in [2.05, 4.69) is 0 Å². The Bertz CT molecular complexity index is 132. The molecule has 0 saturated heterocycles. The molecule has 46 valence electrons. The van der Waals surface area contributed by atoms with Gasteiger partial charge in [-0.2, -0.15) is 0 Å². The maximum absolute atomic E-state index is 11.8. The predicted molar refractivity (Wildman–Crippen MR) is 25.0 cm³/mol. The summed E-state index contributed by atoms with van der Waals surface area (Å²) in [4.78, 5) is 0. The first-order valence-electron chi connectivity index (χ1n) is 2.26. The van der Waals surface area contributed by atoms with E-state index in [1.807, 2.05) is 0 Å². The Balaban J connectivity index is 2.48. The lowest BCUT2D eigenvalue weighted by atomic mass is 10.4. The molecule has 1 unspecified atom stereocenters. The van der Waals surface area contributed by atoms with E-state index in [0.29, 0.717) is 0 Å². The Hall–Kier alpha value is -0.670. The summed E-state index contributed by atoms with van der Waals surface area (Å²) in [6.45, 7) is 0. The third-order valence-corrected chi connectivity index (χ3v) is 1.20. The minimum Gasteiger partial charge on any atom is -0.387 e. The van der Waals surface area contributed by atoms with Crippen LogP contribution in [0.15, 0.2) is 0 Å². The van der Waals surface area contributed by atoms with Gasteiger partial charge in [-0.05, 0) is 0 Å². The van der Waals surface area contributed by atoms with E-state index in [1.165, 1.54) is 0 Å². The SMILES string of the molecule is N=C(N)C1CC1(F)F. The van der Waals surface area contributed by atoms with Crippen molar-refractivity contribution in [3.8, 4) is 0 Å². The van der Waals surface area contributed by atoms with Crippen molar-refractivity contribution in [1.82, 2.24) is 0 Å². The van der Waals surface area contributed by atoms with Crippen LogP contribution in [0.1, 0.15) is 6.42 Å². The second-order valence-electron chi connectivity index (χ2n) is 1.97. The van der Waals surface area contributed by atoms with E-state index in [1.54, 1.807) is 0 Å². The van der Waals surface area contributed by atoms with Crippen molar-refractivity contribution in [2.75, 3.05) is 0 Å². The number of halogens is 2. The van der Waals surface area contributed by atoms with Crippen molar-refractivity contribution in [3.63, 3.8) is 0 Å². The zero-order chi connectivity index (χ0) is 6.36. The van der Waals surface area contributed by atoms with Gasteiger partial charge in [-0.3, -0.25) is 5.41 Å². The van der Waals surface area contributed by atoms with E-state index >= 15 is 0 Å². The minimum atomic E-state index is -2.66. The predicted octanol–water partition coefficient (Wildman–Crippen LogP) is 0.578. The molecule has 0 aromatic heterocycles. The molecule has 1 atom stereocenters. The quantitative estimate of drug-likeness (QED) is 0.386. The number of hydrogen-bond donors (Lipinski definition) is 2. The first-order valence-corrected chi connectivity index (χ1v) is 2.26. The number of nitrogens with two attached hydrogens (primary N) is 1. The molecule has 0 aromatic carbocycles. The summed E-state index contributed by atoms with van der Waals surface area (Å²) >= 11 is 0. The zero-order valence-electron chi connectivity index (χ0n) is 4.12. The van der Waals surface area contributed by atoms with Gasteiger partial charge in [-0.15, -0.1) is 0 Å². The summed E-state index contributed by atoms with van der Waals surface area (Å²) in [7, 11) is 0. The molecule has 0 aliphatic heterocycles. The van der Waals surface area contributed by atoms with Crippen LogP contribution in [0.4, 0.5) is 8.78 Å². The van der Waals surface area contributed by atoms with Gasteiger partial charge in [-0.25, -0.2) is 8.78 Å². The average Bonchev–Trinajstić information content (AvgIpc) is 2.13. The fourth-order valence-electron chi connectivity index (χ4n) is 0.551. The van der Waals surface area contributed by atoms with Gasteiger partial charge in [0.05, 0.1) is 11.8 Å². The second kappa shape index (κ2) is 1.18.